The fourth-order valence-corrected chi connectivity index (χ4v) is 7.35. The standard InChI is InChI=1S/C46H33N3/c1-2-44-48-42-15-7-8-16-43(42)49(44)37-27-25-32(26-28-37)31-17-21-34(22-18-31)45-38-11-3-5-13-40(38)46(41-14-6-4-12-39(41)45)35-23-19-33(20-24-35)36-10-9-29-47-30-36/h3-30H,2H2,1H3. The molecule has 0 N–H and O–H groups in total. The Morgan fingerprint density at radius 1 is 0.449 bits per heavy atom. The van der Waals surface area contributed by atoms with Gasteiger partial charge in [0.15, 0.2) is 0 Å². The lowest BCUT2D eigenvalue weighted by Crippen LogP contribution is -1.99. The van der Waals surface area contributed by atoms with E-state index >= 15 is 0 Å². The van der Waals surface area contributed by atoms with Crippen LogP contribution in [0.3, 0.4) is 0 Å². The van der Waals surface area contributed by atoms with Crippen molar-refractivity contribution in [3.63, 3.8) is 0 Å². The highest BCUT2D eigenvalue weighted by atomic mass is 15.1. The number of benzene rings is 7. The van der Waals surface area contributed by atoms with E-state index in [0.717, 1.165) is 40.1 Å². The summed E-state index contributed by atoms with van der Waals surface area (Å²) in [5.74, 6) is 1.07. The molecule has 0 aliphatic heterocycles. The highest BCUT2D eigenvalue weighted by Crippen LogP contribution is 2.44. The second kappa shape index (κ2) is 12.0. The zero-order valence-electron chi connectivity index (χ0n) is 27.2. The van der Waals surface area contributed by atoms with Gasteiger partial charge in [-0.2, -0.15) is 0 Å². The molecule has 0 saturated heterocycles. The minimum atomic E-state index is 0.876. The van der Waals surface area contributed by atoms with E-state index in [1.165, 1.54) is 54.9 Å². The van der Waals surface area contributed by atoms with Crippen LogP contribution in [0, 0.1) is 0 Å². The fourth-order valence-electron chi connectivity index (χ4n) is 7.35. The number of aryl methyl sites for hydroxylation is 1. The molecule has 0 atom stereocenters. The van der Waals surface area contributed by atoms with Crippen molar-refractivity contribution in [2.24, 2.45) is 0 Å². The largest absolute Gasteiger partial charge is 0.296 e. The van der Waals surface area contributed by atoms with Crippen molar-refractivity contribution >= 4 is 32.6 Å². The van der Waals surface area contributed by atoms with Crippen molar-refractivity contribution in [1.82, 2.24) is 14.5 Å². The number of hydrogen-bond acceptors (Lipinski definition) is 2. The molecule has 0 radical (unpaired) electrons. The normalized spacial score (nSPS) is 11.4. The smallest absolute Gasteiger partial charge is 0.114 e. The van der Waals surface area contributed by atoms with Crippen LogP contribution in [0.1, 0.15) is 12.7 Å². The number of aromatic nitrogens is 3. The average molecular weight is 628 g/mol. The van der Waals surface area contributed by atoms with Crippen molar-refractivity contribution < 1.29 is 0 Å². The van der Waals surface area contributed by atoms with Crippen LogP contribution >= 0.6 is 0 Å². The number of rotatable bonds is 6. The topological polar surface area (TPSA) is 30.7 Å². The van der Waals surface area contributed by atoms with Crippen LogP contribution in [0.25, 0.3) is 82.8 Å². The van der Waals surface area contributed by atoms with E-state index in [1.807, 2.05) is 18.5 Å². The van der Waals surface area contributed by atoms with Crippen molar-refractivity contribution in [2.45, 2.75) is 13.3 Å². The molecule has 7 aromatic carbocycles. The molecule has 2 aromatic heterocycles. The molecule has 0 saturated carbocycles. The van der Waals surface area contributed by atoms with Crippen molar-refractivity contribution in [3.8, 4) is 50.2 Å². The Morgan fingerprint density at radius 3 is 1.43 bits per heavy atom. The van der Waals surface area contributed by atoms with Crippen LogP contribution in [0.5, 0.6) is 0 Å². The molecular formula is C46H33N3. The van der Waals surface area contributed by atoms with Gasteiger partial charge in [0, 0.05) is 24.5 Å². The highest BCUT2D eigenvalue weighted by molar-refractivity contribution is 6.21. The maximum absolute atomic E-state index is 4.87. The maximum atomic E-state index is 4.87. The minimum absolute atomic E-state index is 0.876. The summed E-state index contributed by atoms with van der Waals surface area (Å²) in [5.41, 5.74) is 12.9. The van der Waals surface area contributed by atoms with Crippen LogP contribution in [0.4, 0.5) is 0 Å². The van der Waals surface area contributed by atoms with Crippen molar-refractivity contribution in [3.05, 3.63) is 176 Å². The number of pyridine rings is 1. The molecule has 0 fully saturated rings. The van der Waals surface area contributed by atoms with Gasteiger partial charge in [0.1, 0.15) is 5.82 Å². The van der Waals surface area contributed by atoms with Gasteiger partial charge in [-0.05, 0) is 96.4 Å². The quantitative estimate of drug-likeness (QED) is 0.172. The predicted molar refractivity (Wildman–Crippen MR) is 205 cm³/mol. The third-order valence-electron chi connectivity index (χ3n) is 9.68. The number of hydrogen-bond donors (Lipinski definition) is 0. The van der Waals surface area contributed by atoms with Gasteiger partial charge in [0.25, 0.3) is 0 Å². The summed E-state index contributed by atoms with van der Waals surface area (Å²) >= 11 is 0. The van der Waals surface area contributed by atoms with Crippen LogP contribution in [0.15, 0.2) is 170 Å². The van der Waals surface area contributed by atoms with E-state index in [4.69, 9.17) is 4.98 Å². The molecule has 2 heterocycles. The highest BCUT2D eigenvalue weighted by Gasteiger charge is 2.17. The van der Waals surface area contributed by atoms with E-state index in [9.17, 15) is 0 Å². The van der Waals surface area contributed by atoms with Crippen LogP contribution < -0.4 is 0 Å². The Morgan fingerprint density at radius 2 is 0.918 bits per heavy atom. The number of fused-ring (bicyclic) bond motifs is 3. The van der Waals surface area contributed by atoms with Crippen LogP contribution in [-0.4, -0.2) is 14.5 Å². The van der Waals surface area contributed by atoms with Gasteiger partial charge in [-0.3, -0.25) is 9.55 Å². The van der Waals surface area contributed by atoms with Crippen molar-refractivity contribution in [2.75, 3.05) is 0 Å². The zero-order chi connectivity index (χ0) is 32.7. The molecule has 0 aliphatic carbocycles. The lowest BCUT2D eigenvalue weighted by molar-refractivity contribution is 0.908. The van der Waals surface area contributed by atoms with Crippen LogP contribution in [-0.2, 0) is 6.42 Å². The van der Waals surface area contributed by atoms with Gasteiger partial charge in [0.05, 0.1) is 11.0 Å². The summed E-state index contributed by atoms with van der Waals surface area (Å²) in [4.78, 5) is 9.18. The van der Waals surface area contributed by atoms with E-state index < -0.39 is 0 Å². The molecule has 3 nitrogen and oxygen atoms in total. The number of nitrogens with zero attached hydrogens (tertiary/aromatic N) is 3. The lowest BCUT2D eigenvalue weighted by Gasteiger charge is -2.18. The van der Waals surface area contributed by atoms with Gasteiger partial charge in [-0.15, -0.1) is 0 Å². The fraction of sp³-hybridized carbons (Fsp3) is 0.0435. The Bertz CT molecular complexity index is 2540. The first kappa shape index (κ1) is 28.9. The Kier molecular flexibility index (Phi) is 7.09. The lowest BCUT2D eigenvalue weighted by atomic mass is 9.85. The molecule has 9 rings (SSSR count). The van der Waals surface area contributed by atoms with Gasteiger partial charge < -0.3 is 0 Å². The minimum Gasteiger partial charge on any atom is -0.296 e. The third kappa shape index (κ3) is 4.99. The van der Waals surface area contributed by atoms with E-state index in [0.29, 0.717) is 0 Å². The third-order valence-corrected chi connectivity index (χ3v) is 9.68. The van der Waals surface area contributed by atoms with Crippen molar-refractivity contribution in [1.29, 1.82) is 0 Å². The molecule has 3 heteroatoms. The molecule has 0 bridgehead atoms. The van der Waals surface area contributed by atoms with Crippen LogP contribution in [0.2, 0.25) is 0 Å². The molecule has 49 heavy (non-hydrogen) atoms. The second-order valence-corrected chi connectivity index (χ2v) is 12.5. The molecular weight excluding hydrogens is 595 g/mol. The first-order chi connectivity index (χ1) is 24.3. The molecule has 0 unspecified atom stereocenters. The van der Waals surface area contributed by atoms with Gasteiger partial charge in [0.2, 0.25) is 0 Å². The number of imidazole rings is 1. The summed E-state index contributed by atoms with van der Waals surface area (Å²) in [6, 6.07) is 56.9. The summed E-state index contributed by atoms with van der Waals surface area (Å²) < 4.78 is 2.28. The first-order valence-corrected chi connectivity index (χ1v) is 16.9. The molecule has 0 spiro atoms. The van der Waals surface area contributed by atoms with Gasteiger partial charge in [-0.25, -0.2) is 4.98 Å². The second-order valence-electron chi connectivity index (χ2n) is 12.5. The SMILES string of the molecule is CCc1nc2ccccc2n1-c1ccc(-c2ccc(-c3c4ccccc4c(-c4ccc(-c5cccnc5)cc4)c4ccccc34)cc2)cc1. The van der Waals surface area contributed by atoms with E-state index in [-0.39, 0.29) is 0 Å². The Labute approximate surface area is 285 Å². The summed E-state index contributed by atoms with van der Waals surface area (Å²) in [6.07, 6.45) is 4.61. The monoisotopic (exact) mass is 627 g/mol. The first-order valence-electron chi connectivity index (χ1n) is 16.9. The predicted octanol–water partition coefficient (Wildman–Crippen LogP) is 12.0. The number of para-hydroxylation sites is 2. The maximum Gasteiger partial charge on any atom is 0.114 e. The van der Waals surface area contributed by atoms with Gasteiger partial charge >= 0.3 is 0 Å². The van der Waals surface area contributed by atoms with Gasteiger partial charge in [-0.1, -0.05) is 134 Å². The Hall–Kier alpha value is -6.32. The molecule has 9 aromatic rings. The molecule has 232 valence electrons. The molecule has 0 aliphatic rings. The summed E-state index contributed by atoms with van der Waals surface area (Å²) in [5, 5.41) is 5.01. The van der Waals surface area contributed by atoms with E-state index in [2.05, 4.69) is 168 Å². The Balaban J connectivity index is 1.11. The zero-order valence-corrected chi connectivity index (χ0v) is 27.2. The summed E-state index contributed by atoms with van der Waals surface area (Å²) in [6.45, 7) is 2.16. The van der Waals surface area contributed by atoms with E-state index in [1.54, 1.807) is 0 Å². The molecule has 0 amide bonds. The summed E-state index contributed by atoms with van der Waals surface area (Å²) in [7, 11) is 0. The average Bonchev–Trinajstić information content (AvgIpc) is 3.56.